The highest BCUT2D eigenvalue weighted by atomic mass is 16.1. The predicted molar refractivity (Wildman–Crippen MR) is 75.4 cm³/mol. The second kappa shape index (κ2) is 6.18. The SMILES string of the molecule is CC(C)CCNC(=O)c1ccc(-n2ccnc2)cc1. The van der Waals surface area contributed by atoms with Crippen LogP contribution >= 0.6 is 0 Å². The van der Waals surface area contributed by atoms with Crippen molar-refractivity contribution in [3.63, 3.8) is 0 Å². The highest BCUT2D eigenvalue weighted by Gasteiger charge is 2.05. The molecule has 100 valence electrons. The van der Waals surface area contributed by atoms with Crippen LogP contribution in [0.4, 0.5) is 0 Å². The van der Waals surface area contributed by atoms with Crippen molar-refractivity contribution in [1.82, 2.24) is 14.9 Å². The van der Waals surface area contributed by atoms with E-state index in [0.717, 1.165) is 18.7 Å². The summed E-state index contributed by atoms with van der Waals surface area (Å²) < 4.78 is 1.90. The number of nitrogens with one attached hydrogen (secondary N) is 1. The number of carbonyl (C=O) groups is 1. The van der Waals surface area contributed by atoms with Gasteiger partial charge in [0.1, 0.15) is 0 Å². The maximum absolute atomic E-state index is 11.9. The lowest BCUT2D eigenvalue weighted by molar-refractivity contribution is 0.0952. The first-order chi connectivity index (χ1) is 9.16. The monoisotopic (exact) mass is 257 g/mol. The van der Waals surface area contributed by atoms with E-state index in [4.69, 9.17) is 0 Å². The van der Waals surface area contributed by atoms with Gasteiger partial charge < -0.3 is 9.88 Å². The van der Waals surface area contributed by atoms with Crippen LogP contribution in [0.15, 0.2) is 43.0 Å². The maximum atomic E-state index is 11.9. The smallest absolute Gasteiger partial charge is 0.251 e. The van der Waals surface area contributed by atoms with Crippen LogP contribution in [0.3, 0.4) is 0 Å². The Bertz CT molecular complexity index is 515. The molecule has 1 amide bonds. The minimum absolute atomic E-state index is 0.0159. The van der Waals surface area contributed by atoms with Crippen LogP contribution in [-0.4, -0.2) is 22.0 Å². The summed E-state index contributed by atoms with van der Waals surface area (Å²) in [6, 6.07) is 7.50. The molecule has 0 radical (unpaired) electrons. The minimum Gasteiger partial charge on any atom is -0.352 e. The van der Waals surface area contributed by atoms with Gasteiger partial charge in [-0.1, -0.05) is 13.8 Å². The van der Waals surface area contributed by atoms with Crippen LogP contribution in [-0.2, 0) is 0 Å². The molecule has 0 aliphatic carbocycles. The molecule has 1 aromatic carbocycles. The summed E-state index contributed by atoms with van der Waals surface area (Å²) in [4.78, 5) is 15.9. The lowest BCUT2D eigenvalue weighted by Crippen LogP contribution is -2.25. The van der Waals surface area contributed by atoms with Crippen molar-refractivity contribution in [1.29, 1.82) is 0 Å². The van der Waals surface area contributed by atoms with Crippen molar-refractivity contribution in [3.8, 4) is 5.69 Å². The Morgan fingerprint density at radius 2 is 2.05 bits per heavy atom. The number of carbonyl (C=O) groups excluding carboxylic acids is 1. The molecule has 0 atom stereocenters. The van der Waals surface area contributed by atoms with E-state index in [9.17, 15) is 4.79 Å². The van der Waals surface area contributed by atoms with E-state index in [0.29, 0.717) is 11.5 Å². The molecule has 19 heavy (non-hydrogen) atoms. The summed E-state index contributed by atoms with van der Waals surface area (Å²) in [5, 5.41) is 2.93. The molecule has 0 unspecified atom stereocenters. The molecule has 0 aliphatic heterocycles. The molecule has 2 rings (SSSR count). The fourth-order valence-electron chi connectivity index (χ4n) is 1.77. The lowest BCUT2D eigenvalue weighted by atomic mass is 10.1. The molecular weight excluding hydrogens is 238 g/mol. The fraction of sp³-hybridized carbons (Fsp3) is 0.333. The Morgan fingerprint density at radius 3 is 2.63 bits per heavy atom. The summed E-state index contributed by atoms with van der Waals surface area (Å²) in [6.07, 6.45) is 6.33. The van der Waals surface area contributed by atoms with Gasteiger partial charge in [0.15, 0.2) is 0 Å². The Hall–Kier alpha value is -2.10. The number of aromatic nitrogens is 2. The van der Waals surface area contributed by atoms with Crippen LogP contribution in [0.1, 0.15) is 30.6 Å². The van der Waals surface area contributed by atoms with Crippen LogP contribution in [0, 0.1) is 5.92 Å². The largest absolute Gasteiger partial charge is 0.352 e. The van der Waals surface area contributed by atoms with Crippen molar-refractivity contribution in [3.05, 3.63) is 48.5 Å². The Labute approximate surface area is 113 Å². The second-order valence-electron chi connectivity index (χ2n) is 4.96. The number of amides is 1. The van der Waals surface area contributed by atoms with Crippen molar-refractivity contribution in [2.75, 3.05) is 6.54 Å². The molecular formula is C15H19N3O. The lowest BCUT2D eigenvalue weighted by Gasteiger charge is -2.08. The third kappa shape index (κ3) is 3.68. The number of hydrogen-bond donors (Lipinski definition) is 1. The van der Waals surface area contributed by atoms with Gasteiger partial charge >= 0.3 is 0 Å². The van der Waals surface area contributed by atoms with Crippen molar-refractivity contribution < 1.29 is 4.79 Å². The van der Waals surface area contributed by atoms with Gasteiger partial charge in [0.2, 0.25) is 0 Å². The molecule has 4 nitrogen and oxygen atoms in total. The number of benzene rings is 1. The van der Waals surface area contributed by atoms with Gasteiger partial charge in [-0.2, -0.15) is 0 Å². The third-order valence-corrected chi connectivity index (χ3v) is 2.94. The number of imidazole rings is 1. The van der Waals surface area contributed by atoms with Gasteiger partial charge in [-0.15, -0.1) is 0 Å². The molecule has 0 spiro atoms. The summed E-state index contributed by atoms with van der Waals surface area (Å²) in [5.41, 5.74) is 1.68. The first-order valence-electron chi connectivity index (χ1n) is 6.53. The number of hydrogen-bond acceptors (Lipinski definition) is 2. The first kappa shape index (κ1) is 13.3. The van der Waals surface area contributed by atoms with Gasteiger partial charge in [-0.25, -0.2) is 4.98 Å². The Morgan fingerprint density at radius 1 is 1.32 bits per heavy atom. The van der Waals surface area contributed by atoms with Crippen molar-refractivity contribution in [2.24, 2.45) is 5.92 Å². The molecule has 1 heterocycles. The zero-order valence-electron chi connectivity index (χ0n) is 11.3. The van der Waals surface area contributed by atoms with E-state index in [-0.39, 0.29) is 5.91 Å². The second-order valence-corrected chi connectivity index (χ2v) is 4.96. The zero-order valence-corrected chi connectivity index (χ0v) is 11.3. The van der Waals surface area contributed by atoms with E-state index in [1.165, 1.54) is 0 Å². The molecule has 0 aliphatic rings. The number of nitrogens with zero attached hydrogens (tertiary/aromatic N) is 2. The molecule has 0 bridgehead atoms. The normalized spacial score (nSPS) is 10.7. The highest BCUT2D eigenvalue weighted by molar-refractivity contribution is 5.94. The van der Waals surface area contributed by atoms with Gasteiger partial charge in [0.25, 0.3) is 5.91 Å². The van der Waals surface area contributed by atoms with E-state index in [1.807, 2.05) is 35.0 Å². The summed E-state index contributed by atoms with van der Waals surface area (Å²) in [5.74, 6) is 0.585. The van der Waals surface area contributed by atoms with Gasteiger partial charge in [0.05, 0.1) is 6.33 Å². The molecule has 2 aromatic rings. The fourth-order valence-corrected chi connectivity index (χ4v) is 1.77. The third-order valence-electron chi connectivity index (χ3n) is 2.94. The first-order valence-corrected chi connectivity index (χ1v) is 6.53. The molecule has 0 fully saturated rings. The quantitative estimate of drug-likeness (QED) is 0.895. The summed E-state index contributed by atoms with van der Waals surface area (Å²) in [7, 11) is 0. The van der Waals surface area contributed by atoms with Gasteiger partial charge in [-0.3, -0.25) is 4.79 Å². The number of rotatable bonds is 5. The molecule has 0 saturated carbocycles. The average molecular weight is 257 g/mol. The summed E-state index contributed by atoms with van der Waals surface area (Å²) >= 11 is 0. The van der Waals surface area contributed by atoms with E-state index >= 15 is 0 Å². The van der Waals surface area contributed by atoms with Gasteiger partial charge in [-0.05, 0) is 36.6 Å². The summed E-state index contributed by atoms with van der Waals surface area (Å²) in [6.45, 7) is 5.01. The molecule has 1 N–H and O–H groups in total. The van der Waals surface area contributed by atoms with E-state index in [2.05, 4.69) is 24.1 Å². The van der Waals surface area contributed by atoms with Crippen molar-refractivity contribution >= 4 is 5.91 Å². The average Bonchev–Trinajstić information content (AvgIpc) is 2.92. The minimum atomic E-state index is -0.0159. The van der Waals surface area contributed by atoms with Crippen LogP contribution < -0.4 is 5.32 Å². The predicted octanol–water partition coefficient (Wildman–Crippen LogP) is 2.65. The highest BCUT2D eigenvalue weighted by Crippen LogP contribution is 2.09. The standard InChI is InChI=1S/C15H19N3O/c1-12(2)7-8-17-15(19)13-3-5-14(6-4-13)18-10-9-16-11-18/h3-6,9-12H,7-8H2,1-2H3,(H,17,19). The topological polar surface area (TPSA) is 46.9 Å². The maximum Gasteiger partial charge on any atom is 0.251 e. The van der Waals surface area contributed by atoms with Crippen molar-refractivity contribution in [2.45, 2.75) is 20.3 Å². The molecule has 4 heteroatoms. The molecule has 0 saturated heterocycles. The Balaban J connectivity index is 1.96. The van der Waals surface area contributed by atoms with Crippen LogP contribution in [0.2, 0.25) is 0 Å². The Kier molecular flexibility index (Phi) is 4.34. The zero-order chi connectivity index (χ0) is 13.7. The molecule has 1 aromatic heterocycles. The van der Waals surface area contributed by atoms with Crippen LogP contribution in [0.5, 0.6) is 0 Å². The van der Waals surface area contributed by atoms with Gasteiger partial charge in [0, 0.05) is 30.2 Å². The van der Waals surface area contributed by atoms with E-state index < -0.39 is 0 Å². The van der Waals surface area contributed by atoms with E-state index in [1.54, 1.807) is 12.5 Å². The van der Waals surface area contributed by atoms with Crippen LogP contribution in [0.25, 0.3) is 5.69 Å².